The Bertz CT molecular complexity index is 1320. The number of halogens is 1. The van der Waals surface area contributed by atoms with Gasteiger partial charge in [0.1, 0.15) is 11.4 Å². The number of alkyl halides is 1. The third-order valence-corrected chi connectivity index (χ3v) is 6.58. The molecular formula is C25H28BrN3O7. The highest BCUT2D eigenvalue weighted by atomic mass is 79.9. The number of aromatic hydroxyl groups is 1. The normalized spacial score (nSPS) is 11.6. The third kappa shape index (κ3) is 4.92. The van der Waals surface area contributed by atoms with Gasteiger partial charge in [-0.3, -0.25) is 4.79 Å². The van der Waals surface area contributed by atoms with E-state index in [4.69, 9.17) is 24.7 Å². The van der Waals surface area contributed by atoms with Gasteiger partial charge in [-0.1, -0.05) is 28.6 Å². The summed E-state index contributed by atoms with van der Waals surface area (Å²) in [6.07, 6.45) is 0. The Kier molecular flexibility index (Phi) is 8.36. The van der Waals surface area contributed by atoms with Gasteiger partial charge in [0.2, 0.25) is 5.75 Å². The highest BCUT2D eigenvalue weighted by Crippen LogP contribution is 2.43. The second-order valence-electron chi connectivity index (χ2n) is 7.78. The van der Waals surface area contributed by atoms with Gasteiger partial charge in [-0.2, -0.15) is 0 Å². The van der Waals surface area contributed by atoms with Gasteiger partial charge in [0.15, 0.2) is 11.5 Å². The van der Waals surface area contributed by atoms with E-state index in [2.05, 4.69) is 32.8 Å². The minimum Gasteiger partial charge on any atom is -0.506 e. The second-order valence-corrected chi connectivity index (χ2v) is 8.43. The average molecular weight is 562 g/mol. The van der Waals surface area contributed by atoms with Crippen molar-refractivity contribution in [3.63, 3.8) is 0 Å². The van der Waals surface area contributed by atoms with Crippen LogP contribution in [0.5, 0.6) is 23.0 Å². The number of anilines is 1. The number of fused-ring (bicyclic) bond motifs is 1. The molecule has 1 unspecified atom stereocenters. The minimum absolute atomic E-state index is 0.00350. The number of phenols is 1. The number of nitrogens with one attached hydrogen (secondary N) is 2. The van der Waals surface area contributed by atoms with Crippen molar-refractivity contribution < 1.29 is 33.6 Å². The summed E-state index contributed by atoms with van der Waals surface area (Å²) in [6, 6.07) is 6.46. The van der Waals surface area contributed by atoms with Crippen LogP contribution in [0.4, 0.5) is 5.69 Å². The first kappa shape index (κ1) is 26.7. The maximum Gasteiger partial charge on any atom is 0.337 e. The molecule has 0 aliphatic rings. The first-order chi connectivity index (χ1) is 17.2. The maximum atomic E-state index is 13.1. The van der Waals surface area contributed by atoms with E-state index in [9.17, 15) is 14.7 Å². The molecule has 0 fully saturated rings. The van der Waals surface area contributed by atoms with Crippen LogP contribution in [0.15, 0.2) is 30.8 Å². The Morgan fingerprint density at radius 3 is 2.42 bits per heavy atom. The number of nitrogens with two attached hydrogens (primary N) is 1. The van der Waals surface area contributed by atoms with Crippen molar-refractivity contribution in [2.45, 2.75) is 5.92 Å². The van der Waals surface area contributed by atoms with Gasteiger partial charge in [0.25, 0.3) is 5.91 Å². The van der Waals surface area contributed by atoms with Gasteiger partial charge in [-0.25, -0.2) is 4.79 Å². The number of ether oxygens (including phenoxy) is 4. The minimum atomic E-state index is -0.677. The number of hydrogen-bond acceptors (Lipinski definition) is 8. The molecule has 1 amide bonds. The van der Waals surface area contributed by atoms with E-state index < -0.39 is 5.97 Å². The Morgan fingerprint density at radius 2 is 1.83 bits per heavy atom. The number of hydrogen-bond donors (Lipinski definition) is 4. The SMILES string of the molecule is C=C(C(=O)OC)c1c(C(CBr)CNC(=O)c2cc3c(OC)c(OC)c(OC)cc3[nH]2)ccc(O)c1N. The molecule has 1 atom stereocenters. The van der Waals surface area contributed by atoms with Gasteiger partial charge < -0.3 is 40.1 Å². The summed E-state index contributed by atoms with van der Waals surface area (Å²) in [6.45, 7) is 3.97. The number of carbonyl (C=O) groups excluding carboxylic acids is 2. The van der Waals surface area contributed by atoms with Crippen LogP contribution in [0.25, 0.3) is 16.5 Å². The summed E-state index contributed by atoms with van der Waals surface area (Å²) in [4.78, 5) is 28.3. The average Bonchev–Trinajstić information content (AvgIpc) is 3.32. The van der Waals surface area contributed by atoms with E-state index in [0.29, 0.717) is 44.7 Å². The molecule has 1 aromatic heterocycles. The topological polar surface area (TPSA) is 145 Å². The van der Waals surface area contributed by atoms with Crippen molar-refractivity contribution in [1.29, 1.82) is 0 Å². The van der Waals surface area contributed by atoms with Crippen molar-refractivity contribution >= 4 is 50.0 Å². The van der Waals surface area contributed by atoms with Crippen molar-refractivity contribution in [3.8, 4) is 23.0 Å². The summed E-state index contributed by atoms with van der Waals surface area (Å²) in [5.41, 5.74) is 7.91. The van der Waals surface area contributed by atoms with Crippen molar-refractivity contribution in [3.05, 3.63) is 47.7 Å². The maximum absolute atomic E-state index is 13.1. The molecule has 11 heteroatoms. The molecule has 0 radical (unpaired) electrons. The lowest BCUT2D eigenvalue weighted by Gasteiger charge is -2.21. The highest BCUT2D eigenvalue weighted by molar-refractivity contribution is 9.09. The lowest BCUT2D eigenvalue weighted by atomic mass is 9.90. The Hall–Kier alpha value is -3.86. The molecule has 36 heavy (non-hydrogen) atoms. The number of aromatic nitrogens is 1. The molecule has 0 aliphatic carbocycles. The van der Waals surface area contributed by atoms with Crippen molar-refractivity contribution in [2.24, 2.45) is 0 Å². The number of amides is 1. The zero-order chi connectivity index (χ0) is 26.6. The monoisotopic (exact) mass is 561 g/mol. The highest BCUT2D eigenvalue weighted by Gasteiger charge is 2.25. The molecule has 0 spiro atoms. The number of phenolic OH excluding ortho intramolecular Hbond substituents is 1. The first-order valence-electron chi connectivity index (χ1n) is 10.8. The van der Waals surface area contributed by atoms with Crippen LogP contribution in [0.2, 0.25) is 0 Å². The Balaban J connectivity index is 1.91. The number of rotatable bonds is 10. The first-order valence-corrected chi connectivity index (χ1v) is 11.9. The number of carbonyl (C=O) groups is 2. The number of methoxy groups -OCH3 is 4. The molecule has 192 valence electrons. The second kappa shape index (κ2) is 11.3. The van der Waals surface area contributed by atoms with E-state index in [-0.39, 0.29) is 40.9 Å². The molecule has 0 bridgehead atoms. The molecule has 3 rings (SSSR count). The fourth-order valence-electron chi connectivity index (χ4n) is 3.96. The predicted molar refractivity (Wildman–Crippen MR) is 140 cm³/mol. The van der Waals surface area contributed by atoms with E-state index in [1.165, 1.54) is 34.5 Å². The lowest BCUT2D eigenvalue weighted by Crippen LogP contribution is -2.30. The number of aromatic amines is 1. The van der Waals surface area contributed by atoms with Crippen LogP contribution >= 0.6 is 15.9 Å². The smallest absolute Gasteiger partial charge is 0.337 e. The number of nitrogen functional groups attached to an aromatic ring is 1. The summed E-state index contributed by atoms with van der Waals surface area (Å²) in [5.74, 6) is -0.229. The molecule has 3 aromatic rings. The third-order valence-electron chi connectivity index (χ3n) is 5.79. The van der Waals surface area contributed by atoms with E-state index in [1.54, 1.807) is 18.2 Å². The van der Waals surface area contributed by atoms with Crippen LogP contribution in [-0.2, 0) is 9.53 Å². The van der Waals surface area contributed by atoms with E-state index in [0.717, 1.165) is 0 Å². The number of esters is 1. The molecule has 2 aromatic carbocycles. The zero-order valence-corrected chi connectivity index (χ0v) is 21.9. The van der Waals surface area contributed by atoms with Crippen LogP contribution < -0.4 is 25.3 Å². The van der Waals surface area contributed by atoms with Crippen LogP contribution in [0.1, 0.15) is 27.5 Å². The van der Waals surface area contributed by atoms with Gasteiger partial charge in [-0.15, -0.1) is 0 Å². The van der Waals surface area contributed by atoms with Crippen LogP contribution in [-0.4, -0.2) is 62.3 Å². The molecule has 0 aliphatic heterocycles. The largest absolute Gasteiger partial charge is 0.506 e. The number of benzene rings is 2. The van der Waals surface area contributed by atoms with Gasteiger partial charge in [0, 0.05) is 34.8 Å². The quantitative estimate of drug-likeness (QED) is 0.0965. The predicted octanol–water partition coefficient (Wildman–Crippen LogP) is 3.58. The zero-order valence-electron chi connectivity index (χ0n) is 20.4. The van der Waals surface area contributed by atoms with Gasteiger partial charge in [-0.05, 0) is 17.7 Å². The Labute approximate surface area is 216 Å². The summed E-state index contributed by atoms with van der Waals surface area (Å²) in [5, 5.41) is 14.1. The van der Waals surface area contributed by atoms with Crippen LogP contribution in [0.3, 0.4) is 0 Å². The summed E-state index contributed by atoms with van der Waals surface area (Å²) >= 11 is 3.47. The number of H-pyrrole nitrogens is 1. The van der Waals surface area contributed by atoms with Crippen LogP contribution in [0, 0.1) is 0 Å². The lowest BCUT2D eigenvalue weighted by molar-refractivity contribution is -0.133. The molecule has 5 N–H and O–H groups in total. The molecule has 1 heterocycles. The fourth-order valence-corrected chi connectivity index (χ4v) is 4.54. The van der Waals surface area contributed by atoms with E-state index in [1.807, 2.05) is 0 Å². The van der Waals surface area contributed by atoms with Crippen molar-refractivity contribution in [2.75, 3.05) is 46.0 Å². The molecule has 10 nitrogen and oxygen atoms in total. The van der Waals surface area contributed by atoms with Gasteiger partial charge in [0.05, 0.1) is 45.2 Å². The van der Waals surface area contributed by atoms with Crippen molar-refractivity contribution in [1.82, 2.24) is 10.3 Å². The summed E-state index contributed by atoms with van der Waals surface area (Å²) in [7, 11) is 5.76. The molecule has 0 saturated carbocycles. The molecule has 0 saturated heterocycles. The summed E-state index contributed by atoms with van der Waals surface area (Å²) < 4.78 is 21.1. The van der Waals surface area contributed by atoms with Gasteiger partial charge >= 0.3 is 5.97 Å². The standard InChI is InChI=1S/C25H28BrN3O7/c1-12(25(32)36-5)20-14(6-7-18(30)21(20)27)13(10-26)11-28-24(31)17-8-15-16(29-17)9-19(33-2)23(35-4)22(15)34-3/h6-9,13,29-30H,1,10-11,27H2,2-5H3,(H,28,31). The fraction of sp³-hybridized carbons (Fsp3) is 0.280. The Morgan fingerprint density at radius 1 is 1.14 bits per heavy atom. The van der Waals surface area contributed by atoms with E-state index >= 15 is 0 Å². The molecular weight excluding hydrogens is 534 g/mol.